The van der Waals surface area contributed by atoms with E-state index in [0.29, 0.717) is 11.6 Å². The molecule has 2 aromatic carbocycles. The van der Waals surface area contributed by atoms with Gasteiger partial charge in [-0.1, -0.05) is 59.8 Å². The van der Waals surface area contributed by atoms with Crippen LogP contribution in [0.4, 0.5) is 0 Å². The van der Waals surface area contributed by atoms with E-state index in [1.807, 2.05) is 37.3 Å². The van der Waals surface area contributed by atoms with Gasteiger partial charge in [0.2, 0.25) is 0 Å². The van der Waals surface area contributed by atoms with Gasteiger partial charge in [0.05, 0.1) is 16.3 Å². The van der Waals surface area contributed by atoms with Crippen molar-refractivity contribution in [2.45, 2.75) is 37.3 Å². The first kappa shape index (κ1) is 19.7. The van der Waals surface area contributed by atoms with Crippen LogP contribution in [0, 0.1) is 6.92 Å². The van der Waals surface area contributed by atoms with E-state index in [4.69, 9.17) is 16.6 Å². The van der Waals surface area contributed by atoms with Gasteiger partial charge in [0.15, 0.2) is 5.16 Å². The van der Waals surface area contributed by atoms with Crippen LogP contribution in [-0.2, 0) is 13.1 Å². The Balaban J connectivity index is 1.74. The lowest BCUT2D eigenvalue weighted by Gasteiger charge is -2.15. The summed E-state index contributed by atoms with van der Waals surface area (Å²) in [6, 6.07) is 16.3. The van der Waals surface area contributed by atoms with E-state index >= 15 is 0 Å². The Kier molecular flexibility index (Phi) is 5.74. The Labute approximate surface area is 179 Å². The van der Waals surface area contributed by atoms with Gasteiger partial charge in [0, 0.05) is 18.1 Å². The zero-order valence-corrected chi connectivity index (χ0v) is 18.0. The summed E-state index contributed by atoms with van der Waals surface area (Å²) in [5, 5.41) is 10.2. The summed E-state index contributed by atoms with van der Waals surface area (Å²) in [6.07, 6.45) is 1.86. The molecular weight excluding hydrogens is 402 g/mol. The zero-order chi connectivity index (χ0) is 20.4. The molecule has 5 nitrogen and oxygen atoms in total. The van der Waals surface area contributed by atoms with Crippen LogP contribution in [0.1, 0.15) is 29.4 Å². The first-order chi connectivity index (χ1) is 14.1. The van der Waals surface area contributed by atoms with Crippen LogP contribution in [0.3, 0.4) is 0 Å². The molecule has 0 N–H and O–H groups in total. The normalized spacial score (nSPS) is 12.4. The van der Waals surface area contributed by atoms with Crippen LogP contribution in [0.25, 0.3) is 11.0 Å². The van der Waals surface area contributed by atoms with Gasteiger partial charge in [-0.25, -0.2) is 4.98 Å². The van der Waals surface area contributed by atoms with Crippen LogP contribution in [0.2, 0.25) is 5.02 Å². The highest BCUT2D eigenvalue weighted by Gasteiger charge is 2.21. The van der Waals surface area contributed by atoms with Gasteiger partial charge < -0.3 is 9.13 Å². The van der Waals surface area contributed by atoms with E-state index in [1.165, 1.54) is 5.56 Å². The van der Waals surface area contributed by atoms with E-state index in [1.54, 1.807) is 11.8 Å². The number of rotatable bonds is 7. The van der Waals surface area contributed by atoms with Crippen molar-refractivity contribution in [3.63, 3.8) is 0 Å². The molecular formula is C22H22ClN5S. The fourth-order valence-electron chi connectivity index (χ4n) is 3.36. The monoisotopic (exact) mass is 423 g/mol. The summed E-state index contributed by atoms with van der Waals surface area (Å²) in [4.78, 5) is 4.93. The average Bonchev–Trinajstić information content (AvgIpc) is 3.24. The Hall–Kier alpha value is -2.57. The van der Waals surface area contributed by atoms with Crippen molar-refractivity contribution >= 4 is 34.4 Å². The van der Waals surface area contributed by atoms with Crippen molar-refractivity contribution in [3.05, 3.63) is 83.4 Å². The molecule has 0 amide bonds. The molecule has 0 aliphatic heterocycles. The third-order valence-corrected chi connectivity index (χ3v) is 6.09. The smallest absolute Gasteiger partial charge is 0.192 e. The van der Waals surface area contributed by atoms with Crippen LogP contribution in [-0.4, -0.2) is 24.3 Å². The molecule has 0 saturated carbocycles. The molecule has 1 atom stereocenters. The van der Waals surface area contributed by atoms with Gasteiger partial charge in [-0.05, 0) is 37.6 Å². The fourth-order valence-corrected chi connectivity index (χ4v) is 4.55. The van der Waals surface area contributed by atoms with Crippen molar-refractivity contribution in [1.82, 2.24) is 24.3 Å². The second-order valence-corrected chi connectivity index (χ2v) is 8.61. The first-order valence-electron chi connectivity index (χ1n) is 9.43. The first-order valence-corrected chi connectivity index (χ1v) is 10.7. The maximum atomic E-state index is 6.22. The minimum atomic E-state index is 0.0806. The van der Waals surface area contributed by atoms with Crippen LogP contribution in [0.15, 0.2) is 66.3 Å². The summed E-state index contributed by atoms with van der Waals surface area (Å²) < 4.78 is 4.33. The number of hydrogen-bond donors (Lipinski definition) is 0. The number of hydrogen-bond acceptors (Lipinski definition) is 4. The Morgan fingerprint density at radius 3 is 2.69 bits per heavy atom. The highest BCUT2D eigenvalue weighted by Crippen LogP contribution is 2.36. The van der Waals surface area contributed by atoms with Crippen molar-refractivity contribution in [1.29, 1.82) is 0 Å². The SMILES string of the molecule is C=CCn1c(C)nnc1S[C@@H](C)c1nc2cc(Cl)ccc2n1Cc1ccccc1. The maximum Gasteiger partial charge on any atom is 0.192 e. The van der Waals surface area contributed by atoms with Gasteiger partial charge in [-0.2, -0.15) is 0 Å². The number of thioether (sulfide) groups is 1. The van der Waals surface area contributed by atoms with Crippen LogP contribution >= 0.6 is 23.4 Å². The maximum absolute atomic E-state index is 6.22. The standard InChI is InChI=1S/C22H22ClN5S/c1-4-12-27-16(3)25-26-22(27)29-15(2)21-24-19-13-18(23)10-11-20(19)28(21)14-17-8-6-5-7-9-17/h4-11,13,15H,1,12,14H2,2-3H3/t15-/m0/s1. The van der Waals surface area contributed by atoms with Crippen molar-refractivity contribution in [3.8, 4) is 0 Å². The molecule has 0 aliphatic rings. The predicted octanol–water partition coefficient (Wildman–Crippen LogP) is 5.68. The van der Waals surface area contributed by atoms with Gasteiger partial charge in [0.25, 0.3) is 0 Å². The molecule has 0 unspecified atom stereocenters. The van der Waals surface area contributed by atoms with Gasteiger partial charge in [-0.15, -0.1) is 16.8 Å². The number of aromatic nitrogens is 5. The minimum absolute atomic E-state index is 0.0806. The van der Waals surface area contributed by atoms with E-state index < -0.39 is 0 Å². The number of benzene rings is 2. The summed E-state index contributed by atoms with van der Waals surface area (Å²) in [5.74, 6) is 1.87. The Bertz CT molecular complexity index is 1150. The lowest BCUT2D eigenvalue weighted by Crippen LogP contribution is -2.08. The number of allylic oxidation sites excluding steroid dienone is 1. The van der Waals surface area contributed by atoms with Crippen LogP contribution < -0.4 is 0 Å². The van der Waals surface area contributed by atoms with Crippen molar-refractivity contribution < 1.29 is 0 Å². The fraction of sp³-hybridized carbons (Fsp3) is 0.227. The quantitative estimate of drug-likeness (QED) is 0.283. The zero-order valence-electron chi connectivity index (χ0n) is 16.4. The number of fused-ring (bicyclic) bond motifs is 1. The highest BCUT2D eigenvalue weighted by atomic mass is 35.5. The second kappa shape index (κ2) is 8.43. The molecule has 0 aliphatic carbocycles. The molecule has 148 valence electrons. The summed E-state index contributed by atoms with van der Waals surface area (Å²) >= 11 is 7.88. The minimum Gasteiger partial charge on any atom is -0.323 e. The van der Waals surface area contributed by atoms with Gasteiger partial charge >= 0.3 is 0 Å². The molecule has 0 bridgehead atoms. The molecule has 0 spiro atoms. The van der Waals surface area contributed by atoms with E-state index in [0.717, 1.165) is 34.4 Å². The Morgan fingerprint density at radius 1 is 1.14 bits per heavy atom. The molecule has 29 heavy (non-hydrogen) atoms. The van der Waals surface area contributed by atoms with Crippen LogP contribution in [0.5, 0.6) is 0 Å². The molecule has 4 rings (SSSR count). The van der Waals surface area contributed by atoms with E-state index in [9.17, 15) is 0 Å². The Morgan fingerprint density at radius 2 is 1.93 bits per heavy atom. The third-order valence-electron chi connectivity index (χ3n) is 4.78. The number of nitrogens with zero attached hydrogens (tertiary/aromatic N) is 5. The van der Waals surface area contributed by atoms with E-state index in [-0.39, 0.29) is 5.25 Å². The largest absolute Gasteiger partial charge is 0.323 e. The van der Waals surface area contributed by atoms with Gasteiger partial charge in [-0.3, -0.25) is 0 Å². The number of halogens is 1. The molecule has 0 saturated heterocycles. The molecule has 0 fully saturated rings. The number of imidazole rings is 1. The van der Waals surface area contributed by atoms with Gasteiger partial charge in [0.1, 0.15) is 11.6 Å². The summed E-state index contributed by atoms with van der Waals surface area (Å²) in [7, 11) is 0. The summed E-state index contributed by atoms with van der Waals surface area (Å²) in [5.41, 5.74) is 3.20. The third kappa shape index (κ3) is 4.09. The molecule has 7 heteroatoms. The second-order valence-electron chi connectivity index (χ2n) is 6.86. The molecule has 2 aromatic heterocycles. The van der Waals surface area contributed by atoms with E-state index in [2.05, 4.69) is 57.1 Å². The average molecular weight is 424 g/mol. The van der Waals surface area contributed by atoms with Crippen molar-refractivity contribution in [2.24, 2.45) is 0 Å². The highest BCUT2D eigenvalue weighted by molar-refractivity contribution is 7.99. The number of aryl methyl sites for hydroxylation is 1. The predicted molar refractivity (Wildman–Crippen MR) is 120 cm³/mol. The molecule has 0 radical (unpaired) electrons. The van der Waals surface area contributed by atoms with Crippen molar-refractivity contribution in [2.75, 3.05) is 0 Å². The summed E-state index contributed by atoms with van der Waals surface area (Å²) in [6.45, 7) is 9.38. The topological polar surface area (TPSA) is 48.5 Å². The molecule has 2 heterocycles. The molecule has 4 aromatic rings. The lowest BCUT2D eigenvalue weighted by molar-refractivity contribution is 0.696. The lowest BCUT2D eigenvalue weighted by atomic mass is 10.2.